The number of hydrogen-bond donors (Lipinski definition) is 1. The van der Waals surface area contributed by atoms with Crippen molar-refractivity contribution in [2.24, 2.45) is 5.92 Å². The van der Waals surface area contributed by atoms with Crippen LogP contribution in [0.5, 0.6) is 0 Å². The van der Waals surface area contributed by atoms with Crippen molar-refractivity contribution in [2.75, 3.05) is 6.61 Å². The predicted molar refractivity (Wildman–Crippen MR) is 111 cm³/mol. The first-order valence-electron chi connectivity index (χ1n) is 10.7. The van der Waals surface area contributed by atoms with Crippen LogP contribution in [-0.2, 0) is 9.47 Å². The van der Waals surface area contributed by atoms with Gasteiger partial charge in [-0.15, -0.1) is 0 Å². The average Bonchev–Trinajstić information content (AvgIpc) is 2.65. The van der Waals surface area contributed by atoms with Crippen molar-refractivity contribution in [1.29, 1.82) is 0 Å². The molecule has 0 saturated heterocycles. The lowest BCUT2D eigenvalue weighted by molar-refractivity contribution is -0.188. The van der Waals surface area contributed by atoms with Crippen molar-refractivity contribution in [1.82, 2.24) is 5.32 Å². The van der Waals surface area contributed by atoms with Crippen LogP contribution in [0.3, 0.4) is 0 Å². The van der Waals surface area contributed by atoms with E-state index in [9.17, 15) is 27.2 Å². The molecular formula is C23H31F4NO4. The van der Waals surface area contributed by atoms with Crippen molar-refractivity contribution in [3.63, 3.8) is 0 Å². The fourth-order valence-electron chi connectivity index (χ4n) is 3.68. The van der Waals surface area contributed by atoms with Gasteiger partial charge in [0.05, 0.1) is 17.7 Å². The number of ether oxygens (including phenoxy) is 2. The molecule has 0 bridgehead atoms. The summed E-state index contributed by atoms with van der Waals surface area (Å²) in [5, 5.41) is 2.62. The molecule has 1 amide bonds. The Labute approximate surface area is 185 Å². The molecule has 2 rings (SSSR count). The molecule has 1 atom stereocenters. The minimum atomic E-state index is -4.35. The Hall–Kier alpha value is -2.16. The molecule has 0 radical (unpaired) electrons. The standard InChI is InChI=1S/C23H31F4NO4/c1-14(28-21(30)32-22(2,3)4)16-7-10-18(19(24)12-16)20(29)11-15-5-8-17(9-6-15)31-13-23(25,26)27/h7,10,12,14-15,17H,5-6,8-9,11,13H2,1-4H3,(H,28,30)/t14-,15?,17?/m0/s1. The number of Topliss-reactive ketones (excluding diaryl/α,β-unsaturated/α-hetero) is 1. The summed E-state index contributed by atoms with van der Waals surface area (Å²) in [6.07, 6.45) is -3.29. The van der Waals surface area contributed by atoms with E-state index in [1.165, 1.54) is 12.1 Å². The number of rotatable bonds is 7. The maximum absolute atomic E-state index is 14.6. The third-order valence-corrected chi connectivity index (χ3v) is 5.28. The van der Waals surface area contributed by atoms with Gasteiger partial charge in [0.25, 0.3) is 0 Å². The van der Waals surface area contributed by atoms with E-state index in [4.69, 9.17) is 9.47 Å². The summed E-state index contributed by atoms with van der Waals surface area (Å²) in [6.45, 7) is 5.62. The number of halogens is 4. The second kappa shape index (κ2) is 10.6. The molecule has 180 valence electrons. The number of amides is 1. The summed E-state index contributed by atoms with van der Waals surface area (Å²) in [4.78, 5) is 24.5. The number of carbonyl (C=O) groups excluding carboxylic acids is 2. The minimum Gasteiger partial charge on any atom is -0.444 e. The van der Waals surface area contributed by atoms with Gasteiger partial charge in [0.1, 0.15) is 18.0 Å². The van der Waals surface area contributed by atoms with Crippen molar-refractivity contribution in [3.05, 3.63) is 35.1 Å². The van der Waals surface area contributed by atoms with Gasteiger partial charge in [-0.05, 0) is 77.0 Å². The Morgan fingerprint density at radius 3 is 2.28 bits per heavy atom. The van der Waals surface area contributed by atoms with E-state index in [0.717, 1.165) is 0 Å². The number of hydrogen-bond acceptors (Lipinski definition) is 4. The van der Waals surface area contributed by atoms with Crippen molar-refractivity contribution >= 4 is 11.9 Å². The maximum atomic E-state index is 14.6. The quantitative estimate of drug-likeness (QED) is 0.392. The van der Waals surface area contributed by atoms with Crippen molar-refractivity contribution < 1.29 is 36.6 Å². The van der Waals surface area contributed by atoms with E-state index in [-0.39, 0.29) is 23.7 Å². The molecule has 5 nitrogen and oxygen atoms in total. The fourth-order valence-corrected chi connectivity index (χ4v) is 3.68. The lowest BCUT2D eigenvalue weighted by Crippen LogP contribution is -2.34. The molecule has 1 fully saturated rings. The molecule has 0 spiro atoms. The third-order valence-electron chi connectivity index (χ3n) is 5.28. The van der Waals surface area contributed by atoms with Crippen LogP contribution in [0.15, 0.2) is 18.2 Å². The van der Waals surface area contributed by atoms with E-state index in [1.54, 1.807) is 33.8 Å². The van der Waals surface area contributed by atoms with Gasteiger partial charge < -0.3 is 14.8 Å². The lowest BCUT2D eigenvalue weighted by Gasteiger charge is -2.28. The van der Waals surface area contributed by atoms with Gasteiger partial charge in [-0.1, -0.05) is 6.07 Å². The molecular weight excluding hydrogens is 430 g/mol. The first kappa shape index (κ1) is 26.1. The van der Waals surface area contributed by atoms with E-state index < -0.39 is 42.4 Å². The average molecular weight is 461 g/mol. The molecule has 1 aliphatic carbocycles. The molecule has 1 N–H and O–H groups in total. The maximum Gasteiger partial charge on any atom is 0.411 e. The number of alkyl carbamates (subject to hydrolysis) is 1. The molecule has 0 unspecified atom stereocenters. The Kier molecular flexibility index (Phi) is 8.67. The number of ketones is 1. The summed E-state index contributed by atoms with van der Waals surface area (Å²) in [6, 6.07) is 3.69. The van der Waals surface area contributed by atoms with Crippen LogP contribution in [0.1, 0.15) is 81.8 Å². The van der Waals surface area contributed by atoms with Crippen LogP contribution in [0, 0.1) is 11.7 Å². The zero-order valence-corrected chi connectivity index (χ0v) is 18.9. The van der Waals surface area contributed by atoms with Gasteiger partial charge in [-0.25, -0.2) is 9.18 Å². The number of alkyl halides is 3. The highest BCUT2D eigenvalue weighted by Gasteiger charge is 2.31. The molecule has 9 heteroatoms. The van der Waals surface area contributed by atoms with Crippen LogP contribution < -0.4 is 5.32 Å². The van der Waals surface area contributed by atoms with Gasteiger partial charge in [0, 0.05) is 6.42 Å². The second-order valence-electron chi connectivity index (χ2n) is 9.30. The molecule has 0 heterocycles. The van der Waals surface area contributed by atoms with Gasteiger partial charge in [-0.2, -0.15) is 13.2 Å². The van der Waals surface area contributed by atoms with Crippen LogP contribution in [0.25, 0.3) is 0 Å². The Bertz CT molecular complexity index is 796. The number of nitrogens with one attached hydrogen (secondary N) is 1. The van der Waals surface area contributed by atoms with Gasteiger partial charge >= 0.3 is 12.3 Å². The first-order valence-corrected chi connectivity index (χ1v) is 10.7. The first-order chi connectivity index (χ1) is 14.7. The molecule has 32 heavy (non-hydrogen) atoms. The lowest BCUT2D eigenvalue weighted by atomic mass is 9.83. The minimum absolute atomic E-state index is 0.0138. The van der Waals surface area contributed by atoms with Gasteiger partial charge in [0.15, 0.2) is 5.78 Å². The molecule has 0 aliphatic heterocycles. The molecule has 1 aliphatic rings. The SMILES string of the molecule is C[C@H](NC(=O)OC(C)(C)C)c1ccc(C(=O)CC2CCC(OCC(F)(F)F)CC2)c(F)c1. The van der Waals surface area contributed by atoms with E-state index in [2.05, 4.69) is 5.32 Å². The predicted octanol–water partition coefficient (Wildman–Crippen LogP) is 6.12. The number of carbonyl (C=O) groups is 2. The second-order valence-corrected chi connectivity index (χ2v) is 9.30. The summed E-state index contributed by atoms with van der Waals surface area (Å²) in [7, 11) is 0. The third kappa shape index (κ3) is 8.76. The van der Waals surface area contributed by atoms with E-state index in [1.807, 2.05) is 0 Å². The van der Waals surface area contributed by atoms with Crippen LogP contribution in [0.2, 0.25) is 0 Å². The van der Waals surface area contributed by atoms with Crippen molar-refractivity contribution in [2.45, 2.75) is 83.7 Å². The summed E-state index contributed by atoms with van der Waals surface area (Å²) in [5.74, 6) is -1.03. The van der Waals surface area contributed by atoms with Crippen LogP contribution in [0.4, 0.5) is 22.4 Å². The summed E-state index contributed by atoms with van der Waals surface area (Å²) >= 11 is 0. The summed E-state index contributed by atoms with van der Waals surface area (Å²) in [5.41, 5.74) is -0.199. The Morgan fingerprint density at radius 2 is 1.75 bits per heavy atom. The van der Waals surface area contributed by atoms with Crippen molar-refractivity contribution in [3.8, 4) is 0 Å². The smallest absolute Gasteiger partial charge is 0.411 e. The van der Waals surface area contributed by atoms with E-state index >= 15 is 0 Å². The zero-order chi connectivity index (χ0) is 24.1. The van der Waals surface area contributed by atoms with Crippen LogP contribution >= 0.6 is 0 Å². The summed E-state index contributed by atoms with van der Waals surface area (Å²) < 4.78 is 61.5. The van der Waals surface area contributed by atoms with Gasteiger partial charge in [0.2, 0.25) is 0 Å². The molecule has 1 aromatic carbocycles. The highest BCUT2D eigenvalue weighted by Crippen LogP contribution is 2.31. The fraction of sp³-hybridized carbons (Fsp3) is 0.652. The number of benzene rings is 1. The monoisotopic (exact) mass is 461 g/mol. The Balaban J connectivity index is 1.87. The largest absolute Gasteiger partial charge is 0.444 e. The topological polar surface area (TPSA) is 64.6 Å². The highest BCUT2D eigenvalue weighted by molar-refractivity contribution is 5.96. The highest BCUT2D eigenvalue weighted by atomic mass is 19.4. The van der Waals surface area contributed by atoms with Gasteiger partial charge in [-0.3, -0.25) is 4.79 Å². The Morgan fingerprint density at radius 1 is 1.12 bits per heavy atom. The molecule has 1 aromatic rings. The van der Waals surface area contributed by atoms with Crippen LogP contribution in [-0.4, -0.2) is 36.4 Å². The molecule has 1 saturated carbocycles. The normalized spacial score (nSPS) is 20.5. The zero-order valence-electron chi connectivity index (χ0n) is 18.9. The van der Waals surface area contributed by atoms with E-state index in [0.29, 0.717) is 31.2 Å². The molecule has 0 aromatic heterocycles.